The van der Waals surface area contributed by atoms with Gasteiger partial charge in [0.2, 0.25) is 0 Å². The van der Waals surface area contributed by atoms with E-state index in [1.165, 1.54) is 4.68 Å². The largest absolute Gasteiger partial charge is 0.324 e. The van der Waals surface area contributed by atoms with Crippen LogP contribution in [-0.4, -0.2) is 20.0 Å². The number of benzene rings is 1. The van der Waals surface area contributed by atoms with Gasteiger partial charge in [0.05, 0.1) is 23.3 Å². The van der Waals surface area contributed by atoms with Crippen molar-refractivity contribution < 1.29 is 0 Å². The number of aromatic nitrogens is 4. The van der Waals surface area contributed by atoms with Crippen LogP contribution in [0.5, 0.6) is 0 Å². The average Bonchev–Trinajstić information content (AvgIpc) is 2.50. The number of pyridine rings is 1. The van der Waals surface area contributed by atoms with Gasteiger partial charge in [-0.3, -0.25) is 15.6 Å². The predicted octanol–water partition coefficient (Wildman–Crippen LogP) is 0.520. The van der Waals surface area contributed by atoms with Gasteiger partial charge in [0.1, 0.15) is 5.52 Å². The molecule has 3 aromatic rings. The molecular weight excluding hydrogens is 256 g/mol. The van der Waals surface area contributed by atoms with Crippen LogP contribution in [0, 0.1) is 0 Å². The van der Waals surface area contributed by atoms with E-state index in [-0.39, 0.29) is 12.1 Å². The molecule has 0 radical (unpaired) electrons. The topological polar surface area (TPSA) is 98.7 Å². The number of hydrogen-bond acceptors (Lipinski definition) is 6. The van der Waals surface area contributed by atoms with Crippen LogP contribution >= 0.6 is 0 Å². The van der Waals surface area contributed by atoms with Gasteiger partial charge in [-0.15, -0.1) is 5.10 Å². The van der Waals surface area contributed by atoms with Gasteiger partial charge in [-0.25, -0.2) is 4.68 Å². The third-order valence-corrected chi connectivity index (χ3v) is 2.92. The number of anilines is 1. The molecular formula is C13H12N6O. The molecule has 2 heterocycles. The van der Waals surface area contributed by atoms with Gasteiger partial charge >= 0.3 is 0 Å². The Hall–Kier alpha value is -2.80. The lowest BCUT2D eigenvalue weighted by atomic mass is 10.2. The van der Waals surface area contributed by atoms with Gasteiger partial charge in [0.25, 0.3) is 5.56 Å². The number of rotatable bonds is 3. The van der Waals surface area contributed by atoms with Crippen LogP contribution in [0.15, 0.2) is 47.4 Å². The highest BCUT2D eigenvalue weighted by Gasteiger charge is 2.06. The standard InChI is InChI=1S/C13H12N6O/c14-16-9-5-6-15-10(7-9)8-19-13(20)11-3-1-2-4-12(11)17-18-19/h1-7H,8,14H2,(H,15,16). The molecule has 0 amide bonds. The number of nitrogens with zero attached hydrogens (tertiary/aromatic N) is 4. The highest BCUT2D eigenvalue weighted by atomic mass is 16.1. The van der Waals surface area contributed by atoms with E-state index in [2.05, 4.69) is 20.7 Å². The number of nitrogen functional groups attached to an aromatic ring is 1. The van der Waals surface area contributed by atoms with Crippen molar-refractivity contribution in [2.45, 2.75) is 6.54 Å². The number of hydrogen-bond donors (Lipinski definition) is 2. The Labute approximate surface area is 114 Å². The monoisotopic (exact) mass is 268 g/mol. The number of nitrogens with two attached hydrogens (primary N) is 1. The molecule has 0 fully saturated rings. The molecule has 2 aromatic heterocycles. The first-order chi connectivity index (χ1) is 9.78. The Morgan fingerprint density at radius 3 is 2.95 bits per heavy atom. The van der Waals surface area contributed by atoms with Crippen LogP contribution in [0.2, 0.25) is 0 Å². The molecule has 0 aliphatic carbocycles. The molecule has 0 bridgehead atoms. The van der Waals surface area contributed by atoms with Gasteiger partial charge < -0.3 is 5.43 Å². The van der Waals surface area contributed by atoms with E-state index in [0.29, 0.717) is 16.6 Å². The Morgan fingerprint density at radius 2 is 2.10 bits per heavy atom. The minimum Gasteiger partial charge on any atom is -0.324 e. The van der Waals surface area contributed by atoms with Crippen molar-refractivity contribution in [3.05, 3.63) is 58.6 Å². The summed E-state index contributed by atoms with van der Waals surface area (Å²) in [4.78, 5) is 16.5. The maximum Gasteiger partial charge on any atom is 0.277 e. The fourth-order valence-electron chi connectivity index (χ4n) is 1.93. The summed E-state index contributed by atoms with van der Waals surface area (Å²) in [7, 11) is 0. The zero-order valence-corrected chi connectivity index (χ0v) is 10.5. The first-order valence-corrected chi connectivity index (χ1v) is 6.02. The summed E-state index contributed by atoms with van der Waals surface area (Å²) >= 11 is 0. The molecule has 0 saturated heterocycles. The van der Waals surface area contributed by atoms with Crippen LogP contribution in [0.4, 0.5) is 5.69 Å². The van der Waals surface area contributed by atoms with Crippen LogP contribution in [-0.2, 0) is 6.54 Å². The normalized spacial score (nSPS) is 10.7. The molecule has 7 nitrogen and oxygen atoms in total. The van der Waals surface area contributed by atoms with E-state index >= 15 is 0 Å². The lowest BCUT2D eigenvalue weighted by molar-refractivity contribution is 0.592. The highest BCUT2D eigenvalue weighted by molar-refractivity contribution is 5.76. The summed E-state index contributed by atoms with van der Waals surface area (Å²) in [5, 5.41) is 8.48. The van der Waals surface area contributed by atoms with Crippen LogP contribution in [0.1, 0.15) is 5.69 Å². The molecule has 1 aromatic carbocycles. The van der Waals surface area contributed by atoms with E-state index in [4.69, 9.17) is 5.84 Å². The SMILES string of the molecule is NNc1ccnc(Cn2nnc3ccccc3c2=O)c1. The highest BCUT2D eigenvalue weighted by Crippen LogP contribution is 2.07. The molecule has 0 spiro atoms. The Bertz CT molecular complexity index is 813. The first kappa shape index (κ1) is 12.2. The lowest BCUT2D eigenvalue weighted by Crippen LogP contribution is -2.25. The van der Waals surface area contributed by atoms with Gasteiger partial charge in [-0.1, -0.05) is 17.3 Å². The molecule has 0 unspecified atom stereocenters. The van der Waals surface area contributed by atoms with Crippen molar-refractivity contribution in [3.63, 3.8) is 0 Å². The third-order valence-electron chi connectivity index (χ3n) is 2.92. The quantitative estimate of drug-likeness (QED) is 0.531. The van der Waals surface area contributed by atoms with E-state index in [0.717, 1.165) is 5.69 Å². The van der Waals surface area contributed by atoms with E-state index in [9.17, 15) is 4.79 Å². The summed E-state index contributed by atoms with van der Waals surface area (Å²) in [5.74, 6) is 5.34. The zero-order chi connectivity index (χ0) is 13.9. The maximum absolute atomic E-state index is 12.3. The number of fused-ring (bicyclic) bond motifs is 1. The van der Waals surface area contributed by atoms with Crippen molar-refractivity contribution in [1.29, 1.82) is 0 Å². The second-order valence-electron chi connectivity index (χ2n) is 4.25. The van der Waals surface area contributed by atoms with Crippen molar-refractivity contribution in [2.75, 3.05) is 5.43 Å². The molecule has 3 N–H and O–H groups in total. The smallest absolute Gasteiger partial charge is 0.277 e. The molecule has 7 heteroatoms. The molecule has 0 aliphatic rings. The summed E-state index contributed by atoms with van der Waals surface area (Å²) in [6, 6.07) is 10.6. The molecule has 20 heavy (non-hydrogen) atoms. The van der Waals surface area contributed by atoms with Crippen molar-refractivity contribution >= 4 is 16.6 Å². The molecule has 0 saturated carbocycles. The van der Waals surface area contributed by atoms with E-state index < -0.39 is 0 Å². The van der Waals surface area contributed by atoms with Gasteiger partial charge in [-0.2, -0.15) is 0 Å². The van der Waals surface area contributed by atoms with Gasteiger partial charge in [0.15, 0.2) is 0 Å². The fraction of sp³-hybridized carbons (Fsp3) is 0.0769. The second-order valence-corrected chi connectivity index (χ2v) is 4.25. The van der Waals surface area contributed by atoms with Gasteiger partial charge in [-0.05, 0) is 24.3 Å². The lowest BCUT2D eigenvalue weighted by Gasteiger charge is -2.06. The molecule has 3 rings (SSSR count). The second kappa shape index (κ2) is 5.06. The minimum atomic E-state index is -0.191. The van der Waals surface area contributed by atoms with Gasteiger partial charge in [0, 0.05) is 6.20 Å². The summed E-state index contributed by atoms with van der Waals surface area (Å²) in [6.07, 6.45) is 1.62. The van der Waals surface area contributed by atoms with Crippen LogP contribution in [0.3, 0.4) is 0 Å². The zero-order valence-electron chi connectivity index (χ0n) is 10.5. The Morgan fingerprint density at radius 1 is 1.25 bits per heavy atom. The molecule has 100 valence electrons. The third kappa shape index (κ3) is 2.21. The first-order valence-electron chi connectivity index (χ1n) is 6.02. The fourth-order valence-corrected chi connectivity index (χ4v) is 1.93. The molecule has 0 atom stereocenters. The Kier molecular flexibility index (Phi) is 3.10. The minimum absolute atomic E-state index is 0.191. The number of nitrogens with one attached hydrogen (secondary N) is 1. The predicted molar refractivity (Wildman–Crippen MR) is 74.9 cm³/mol. The summed E-state index contributed by atoms with van der Waals surface area (Å²) < 4.78 is 1.28. The van der Waals surface area contributed by atoms with Crippen molar-refractivity contribution in [1.82, 2.24) is 20.0 Å². The number of hydrazine groups is 1. The van der Waals surface area contributed by atoms with Crippen molar-refractivity contribution in [3.8, 4) is 0 Å². The van der Waals surface area contributed by atoms with E-state index in [1.54, 1.807) is 36.5 Å². The maximum atomic E-state index is 12.3. The Balaban J connectivity index is 2.02. The van der Waals surface area contributed by atoms with Crippen molar-refractivity contribution in [2.24, 2.45) is 5.84 Å². The van der Waals surface area contributed by atoms with Crippen LogP contribution in [0.25, 0.3) is 10.9 Å². The van der Waals surface area contributed by atoms with E-state index in [1.807, 2.05) is 6.07 Å². The molecule has 0 aliphatic heterocycles. The summed E-state index contributed by atoms with van der Waals surface area (Å²) in [5.41, 5.74) is 4.32. The summed E-state index contributed by atoms with van der Waals surface area (Å²) in [6.45, 7) is 0.242. The van der Waals surface area contributed by atoms with Crippen LogP contribution < -0.4 is 16.8 Å². The average molecular weight is 268 g/mol.